The Balaban J connectivity index is 1.73. The van der Waals surface area contributed by atoms with E-state index in [0.717, 1.165) is 29.3 Å². The van der Waals surface area contributed by atoms with Gasteiger partial charge in [0.1, 0.15) is 17.6 Å². The van der Waals surface area contributed by atoms with Gasteiger partial charge in [-0.1, -0.05) is 6.07 Å². The van der Waals surface area contributed by atoms with Crippen molar-refractivity contribution < 1.29 is 8.78 Å². The third-order valence-electron chi connectivity index (χ3n) is 6.29. The molecule has 0 saturated heterocycles. The zero-order chi connectivity index (χ0) is 23.1. The first kappa shape index (κ1) is 21.6. The highest BCUT2D eigenvalue weighted by Crippen LogP contribution is 2.56. The van der Waals surface area contributed by atoms with Crippen molar-refractivity contribution >= 4 is 22.8 Å². The molecule has 1 aliphatic carbocycles. The Kier molecular flexibility index (Phi) is 5.29. The number of allylic oxidation sites excluding steroid dienone is 1. The van der Waals surface area contributed by atoms with E-state index in [-0.39, 0.29) is 12.2 Å². The molecule has 1 aromatic carbocycles. The fourth-order valence-electron chi connectivity index (χ4n) is 3.85. The molecule has 0 amide bonds. The van der Waals surface area contributed by atoms with Crippen molar-refractivity contribution in [2.75, 3.05) is 6.54 Å². The minimum atomic E-state index is -2.77. The van der Waals surface area contributed by atoms with Crippen LogP contribution in [0, 0.1) is 23.7 Å². The van der Waals surface area contributed by atoms with Crippen LogP contribution in [0.4, 0.5) is 8.78 Å². The summed E-state index contributed by atoms with van der Waals surface area (Å²) in [5.41, 5.74) is 9.41. The van der Waals surface area contributed by atoms with E-state index in [2.05, 4.69) is 21.0 Å². The van der Waals surface area contributed by atoms with Crippen LogP contribution < -0.4 is 5.73 Å². The average Bonchev–Trinajstić information content (AvgIpc) is 3.52. The van der Waals surface area contributed by atoms with E-state index in [1.807, 2.05) is 36.7 Å². The normalized spacial score (nSPS) is 15.9. The maximum Gasteiger partial charge on any atom is 0.252 e. The highest BCUT2D eigenvalue weighted by molar-refractivity contribution is 6.12. The molecule has 1 saturated carbocycles. The number of fused-ring (bicyclic) bond motifs is 1. The van der Waals surface area contributed by atoms with Crippen LogP contribution in [0.2, 0.25) is 0 Å². The van der Waals surface area contributed by atoms with Crippen molar-refractivity contribution in [3.05, 3.63) is 53.6 Å². The second-order valence-electron chi connectivity index (χ2n) is 8.39. The molecule has 0 radical (unpaired) electrons. The molecule has 3 aromatic rings. The number of rotatable bonds is 6. The van der Waals surface area contributed by atoms with Crippen LogP contribution >= 0.6 is 0 Å². The van der Waals surface area contributed by atoms with E-state index >= 15 is 0 Å². The van der Waals surface area contributed by atoms with E-state index in [1.165, 1.54) is 12.4 Å². The molecule has 1 fully saturated rings. The fraction of sp³-hybridized carbons (Fsp3) is 0.333. The molecule has 32 heavy (non-hydrogen) atoms. The number of nitriles is 1. The zero-order valence-electron chi connectivity index (χ0n) is 18.2. The lowest BCUT2D eigenvalue weighted by atomic mass is 9.98. The van der Waals surface area contributed by atoms with Gasteiger partial charge in [0.05, 0.1) is 28.7 Å². The van der Waals surface area contributed by atoms with Crippen LogP contribution in [-0.4, -0.2) is 33.2 Å². The van der Waals surface area contributed by atoms with Gasteiger partial charge in [0.2, 0.25) is 0 Å². The Bertz CT molecular complexity index is 1290. The molecule has 2 heterocycles. The number of aliphatic imine (C=N–C) groups is 1. The van der Waals surface area contributed by atoms with Gasteiger partial charge in [-0.15, -0.1) is 0 Å². The predicted octanol–water partition coefficient (Wildman–Crippen LogP) is 4.62. The number of nitrogens with two attached hydrogens (primary N) is 1. The van der Waals surface area contributed by atoms with Gasteiger partial charge < -0.3 is 10.3 Å². The Labute approximate surface area is 185 Å². The molecule has 8 heteroatoms. The van der Waals surface area contributed by atoms with Crippen molar-refractivity contribution in [3.63, 3.8) is 0 Å². The summed E-state index contributed by atoms with van der Waals surface area (Å²) in [4.78, 5) is 13.4. The fourth-order valence-corrected chi connectivity index (χ4v) is 3.85. The summed E-state index contributed by atoms with van der Waals surface area (Å²) >= 11 is 0. The number of hydrogen-bond acceptors (Lipinski definition) is 5. The quantitative estimate of drug-likeness (QED) is 0.573. The van der Waals surface area contributed by atoms with Gasteiger partial charge in [0, 0.05) is 36.2 Å². The van der Waals surface area contributed by atoms with E-state index in [0.29, 0.717) is 29.7 Å². The summed E-state index contributed by atoms with van der Waals surface area (Å²) in [5, 5.41) is 9.36. The molecule has 0 unspecified atom stereocenters. The van der Waals surface area contributed by atoms with Crippen molar-refractivity contribution in [1.29, 1.82) is 5.26 Å². The number of hydrogen-bond donors (Lipinski definition) is 1. The van der Waals surface area contributed by atoms with E-state index in [9.17, 15) is 14.0 Å². The van der Waals surface area contributed by atoms with Crippen molar-refractivity contribution in [3.8, 4) is 17.3 Å². The summed E-state index contributed by atoms with van der Waals surface area (Å²) < 4.78 is 29.7. The molecule has 164 valence electrons. The molecule has 2 aromatic heterocycles. The average molecular weight is 434 g/mol. The number of imidazole rings is 1. The van der Waals surface area contributed by atoms with Gasteiger partial charge in [-0.05, 0) is 51.0 Å². The molecule has 6 nitrogen and oxygen atoms in total. The third kappa shape index (κ3) is 3.75. The Morgan fingerprint density at radius 1 is 1.31 bits per heavy atom. The second-order valence-corrected chi connectivity index (χ2v) is 8.39. The van der Waals surface area contributed by atoms with Gasteiger partial charge in [-0.25, -0.2) is 18.7 Å². The topological polar surface area (TPSA) is 92.9 Å². The summed E-state index contributed by atoms with van der Waals surface area (Å²) in [7, 11) is 1.95. The van der Waals surface area contributed by atoms with E-state index in [1.54, 1.807) is 12.1 Å². The smallest absolute Gasteiger partial charge is 0.252 e. The first-order chi connectivity index (χ1) is 15.2. The molecule has 0 aliphatic heterocycles. The van der Waals surface area contributed by atoms with E-state index < -0.39 is 11.3 Å². The summed E-state index contributed by atoms with van der Waals surface area (Å²) in [5.74, 6) is -1.89. The Morgan fingerprint density at radius 2 is 2.06 bits per heavy atom. The number of alkyl halides is 2. The van der Waals surface area contributed by atoms with Gasteiger partial charge in [-0.2, -0.15) is 5.26 Å². The molecule has 2 N–H and O–H groups in total. The summed E-state index contributed by atoms with van der Waals surface area (Å²) in [6, 6.07) is 11.2. The number of aromatic nitrogens is 3. The molecular weight excluding hydrogens is 410 g/mol. The second kappa shape index (κ2) is 7.83. The standard InChI is InChI=1S/C24H24F2N6/c1-15-30-20-10-16(4-7-21(20)32(15)3)22-19(6-5-18(12-28)31-22)17(11-27)13-29-14-24(8-9-24)23(2,25)26/h4-7,10-11,13H,8-9,14,27H2,1-3H3. The molecule has 0 atom stereocenters. The Hall–Kier alpha value is -3.60. The third-order valence-corrected chi connectivity index (χ3v) is 6.29. The van der Waals surface area contributed by atoms with Crippen molar-refractivity contribution in [2.24, 2.45) is 23.2 Å². The molecule has 0 bridgehead atoms. The largest absolute Gasteiger partial charge is 0.404 e. The maximum absolute atomic E-state index is 13.9. The van der Waals surface area contributed by atoms with E-state index in [4.69, 9.17) is 5.73 Å². The van der Waals surface area contributed by atoms with Crippen LogP contribution in [0.15, 0.2) is 41.5 Å². The highest BCUT2D eigenvalue weighted by atomic mass is 19.3. The summed E-state index contributed by atoms with van der Waals surface area (Å²) in [6.45, 7) is 2.91. The first-order valence-electron chi connectivity index (χ1n) is 10.3. The number of halogens is 2. The van der Waals surface area contributed by atoms with Crippen LogP contribution in [-0.2, 0) is 7.05 Å². The lowest BCUT2D eigenvalue weighted by Gasteiger charge is -2.20. The summed E-state index contributed by atoms with van der Waals surface area (Å²) in [6.07, 6.45) is 3.82. The van der Waals surface area contributed by atoms with Gasteiger partial charge >= 0.3 is 0 Å². The molecular formula is C24H24F2N6. The Morgan fingerprint density at radius 3 is 2.69 bits per heavy atom. The number of aryl methyl sites for hydroxylation is 2. The molecule has 1 aliphatic rings. The molecule has 0 spiro atoms. The number of benzene rings is 1. The maximum atomic E-state index is 13.9. The monoisotopic (exact) mass is 434 g/mol. The van der Waals surface area contributed by atoms with Crippen LogP contribution in [0.5, 0.6) is 0 Å². The lowest BCUT2D eigenvalue weighted by molar-refractivity contribution is -0.0499. The van der Waals surface area contributed by atoms with Gasteiger partial charge in [0.15, 0.2) is 0 Å². The van der Waals surface area contributed by atoms with Crippen LogP contribution in [0.3, 0.4) is 0 Å². The number of pyridine rings is 1. The SMILES string of the molecule is Cc1nc2cc(-c3nc(C#N)ccc3C(C=NCC3(C(C)(F)F)CC3)=CN)ccc2n1C. The van der Waals surface area contributed by atoms with Crippen molar-refractivity contribution in [2.45, 2.75) is 32.6 Å². The van der Waals surface area contributed by atoms with Gasteiger partial charge in [0.25, 0.3) is 5.92 Å². The minimum Gasteiger partial charge on any atom is -0.404 e. The minimum absolute atomic E-state index is 0.0338. The molecule has 4 rings (SSSR count). The van der Waals surface area contributed by atoms with Gasteiger partial charge in [-0.3, -0.25) is 4.99 Å². The lowest BCUT2D eigenvalue weighted by Crippen LogP contribution is -2.28. The van der Waals surface area contributed by atoms with Crippen LogP contribution in [0.1, 0.15) is 36.8 Å². The van der Waals surface area contributed by atoms with Crippen LogP contribution in [0.25, 0.3) is 27.9 Å². The van der Waals surface area contributed by atoms with Crippen molar-refractivity contribution in [1.82, 2.24) is 14.5 Å². The number of nitrogens with zero attached hydrogens (tertiary/aromatic N) is 5. The highest BCUT2D eigenvalue weighted by Gasteiger charge is 2.58. The zero-order valence-corrected chi connectivity index (χ0v) is 18.2. The first-order valence-corrected chi connectivity index (χ1v) is 10.3. The predicted molar refractivity (Wildman–Crippen MR) is 121 cm³/mol.